The smallest absolute Gasteiger partial charge is 0.0914 e. The summed E-state index contributed by atoms with van der Waals surface area (Å²) in [6.45, 7) is 2.67. The molecule has 0 saturated carbocycles. The maximum Gasteiger partial charge on any atom is 0.0914 e. The zero-order valence-corrected chi connectivity index (χ0v) is 14.0. The summed E-state index contributed by atoms with van der Waals surface area (Å²) in [6.07, 6.45) is 0.982. The monoisotopic (exact) mass is 398 g/mol. The Balaban J connectivity index is 2.22. The van der Waals surface area contributed by atoms with Crippen LogP contribution >= 0.6 is 34.2 Å². The van der Waals surface area contributed by atoms with E-state index >= 15 is 0 Å². The van der Waals surface area contributed by atoms with E-state index < -0.39 is 0 Å². The molecule has 1 unspecified atom stereocenters. The third-order valence-electron chi connectivity index (χ3n) is 2.54. The highest BCUT2D eigenvalue weighted by molar-refractivity contribution is 14.1. The summed E-state index contributed by atoms with van der Waals surface area (Å²) in [7, 11) is 1.67. The third-order valence-corrected chi connectivity index (χ3v) is 3.58. The zero-order chi connectivity index (χ0) is 13.9. The van der Waals surface area contributed by atoms with Crippen LogP contribution < -0.4 is 0 Å². The van der Waals surface area contributed by atoms with E-state index in [1.807, 2.05) is 24.3 Å². The van der Waals surface area contributed by atoms with Gasteiger partial charge >= 0.3 is 0 Å². The molecule has 0 saturated heterocycles. The van der Waals surface area contributed by atoms with Gasteiger partial charge in [-0.2, -0.15) is 0 Å². The van der Waals surface area contributed by atoms with Gasteiger partial charge in [-0.15, -0.1) is 0 Å². The molecule has 0 fully saturated rings. The van der Waals surface area contributed by atoms with E-state index in [2.05, 4.69) is 22.6 Å². The molecule has 0 aliphatic rings. The van der Waals surface area contributed by atoms with Crippen LogP contribution in [0, 0.1) is 0 Å². The van der Waals surface area contributed by atoms with Gasteiger partial charge in [0.15, 0.2) is 0 Å². The second-order valence-corrected chi connectivity index (χ2v) is 5.34. The standard InChI is InChI=1S/C14H20ClIO3/c1-17-8-9-18-6-3-7-19-14(11-16)12-4-2-5-13(15)10-12/h2,4-5,10,14H,3,6-9,11H2,1H3. The topological polar surface area (TPSA) is 27.7 Å². The first-order valence-corrected chi connectivity index (χ1v) is 8.18. The van der Waals surface area contributed by atoms with Crippen LogP contribution in [-0.4, -0.2) is 38.0 Å². The first-order valence-electron chi connectivity index (χ1n) is 6.27. The van der Waals surface area contributed by atoms with E-state index in [1.165, 1.54) is 0 Å². The summed E-state index contributed by atoms with van der Waals surface area (Å²) in [4.78, 5) is 0. The number of halogens is 2. The number of benzene rings is 1. The fraction of sp³-hybridized carbons (Fsp3) is 0.571. The summed E-state index contributed by atoms with van der Waals surface area (Å²) in [6, 6.07) is 7.83. The highest BCUT2D eigenvalue weighted by atomic mass is 127. The van der Waals surface area contributed by atoms with E-state index in [9.17, 15) is 0 Å². The first kappa shape index (κ1) is 17.2. The van der Waals surface area contributed by atoms with Crippen molar-refractivity contribution in [1.82, 2.24) is 0 Å². The molecule has 19 heavy (non-hydrogen) atoms. The second kappa shape index (κ2) is 10.9. The van der Waals surface area contributed by atoms with Crippen molar-refractivity contribution < 1.29 is 14.2 Å². The van der Waals surface area contributed by atoms with Gasteiger partial charge in [-0.05, 0) is 24.1 Å². The Kier molecular flexibility index (Phi) is 9.81. The van der Waals surface area contributed by atoms with Crippen molar-refractivity contribution in [2.24, 2.45) is 0 Å². The van der Waals surface area contributed by atoms with Gasteiger partial charge in [0.1, 0.15) is 0 Å². The lowest BCUT2D eigenvalue weighted by Gasteiger charge is -2.16. The van der Waals surface area contributed by atoms with Gasteiger partial charge in [-0.1, -0.05) is 46.3 Å². The van der Waals surface area contributed by atoms with Gasteiger partial charge in [0.25, 0.3) is 0 Å². The van der Waals surface area contributed by atoms with Crippen molar-refractivity contribution in [2.75, 3.05) is 38.0 Å². The van der Waals surface area contributed by atoms with Crippen molar-refractivity contribution in [1.29, 1.82) is 0 Å². The summed E-state index contributed by atoms with van der Waals surface area (Å²) < 4.78 is 17.1. The second-order valence-electron chi connectivity index (χ2n) is 4.03. The molecule has 0 N–H and O–H groups in total. The van der Waals surface area contributed by atoms with Gasteiger partial charge < -0.3 is 14.2 Å². The summed E-state index contributed by atoms with van der Waals surface area (Å²) in [5.74, 6) is 0. The van der Waals surface area contributed by atoms with Crippen LogP contribution in [0.4, 0.5) is 0 Å². The van der Waals surface area contributed by atoms with Crippen molar-refractivity contribution in [3.63, 3.8) is 0 Å². The number of ether oxygens (including phenoxy) is 3. The van der Waals surface area contributed by atoms with E-state index in [4.69, 9.17) is 25.8 Å². The Morgan fingerprint density at radius 1 is 1.21 bits per heavy atom. The first-order chi connectivity index (χ1) is 9.27. The predicted octanol–water partition coefficient (Wildman–Crippen LogP) is 3.89. The highest BCUT2D eigenvalue weighted by Gasteiger charge is 2.10. The lowest BCUT2D eigenvalue weighted by atomic mass is 10.1. The Hall–Kier alpha value is 0.120. The molecule has 0 aliphatic heterocycles. The van der Waals surface area contributed by atoms with Crippen molar-refractivity contribution in [3.8, 4) is 0 Å². The normalized spacial score (nSPS) is 12.6. The van der Waals surface area contributed by atoms with Gasteiger partial charge in [0.2, 0.25) is 0 Å². The minimum absolute atomic E-state index is 0.0956. The zero-order valence-electron chi connectivity index (χ0n) is 11.1. The number of hydrogen-bond donors (Lipinski definition) is 0. The molecule has 1 rings (SSSR count). The van der Waals surface area contributed by atoms with Gasteiger partial charge in [0.05, 0.1) is 19.3 Å². The van der Waals surface area contributed by atoms with E-state index in [1.54, 1.807) is 7.11 Å². The molecule has 0 amide bonds. The number of rotatable bonds is 10. The quantitative estimate of drug-likeness (QED) is 0.340. The molecule has 3 nitrogen and oxygen atoms in total. The lowest BCUT2D eigenvalue weighted by Crippen LogP contribution is -2.10. The minimum Gasteiger partial charge on any atom is -0.382 e. The molecule has 5 heteroatoms. The van der Waals surface area contributed by atoms with Gasteiger partial charge in [-0.25, -0.2) is 0 Å². The Morgan fingerprint density at radius 2 is 2.05 bits per heavy atom. The summed E-state index contributed by atoms with van der Waals surface area (Å²) >= 11 is 8.32. The maximum atomic E-state index is 5.99. The van der Waals surface area contributed by atoms with Crippen LogP contribution in [0.1, 0.15) is 18.1 Å². The van der Waals surface area contributed by atoms with Crippen LogP contribution in [0.15, 0.2) is 24.3 Å². The third kappa shape index (κ3) is 7.46. The summed E-state index contributed by atoms with van der Waals surface area (Å²) in [5.41, 5.74) is 1.13. The van der Waals surface area contributed by atoms with Crippen LogP contribution in [0.25, 0.3) is 0 Å². The van der Waals surface area contributed by atoms with Gasteiger partial charge in [0, 0.05) is 29.8 Å². The predicted molar refractivity (Wildman–Crippen MR) is 86.3 cm³/mol. The molecule has 1 aromatic carbocycles. The van der Waals surface area contributed by atoms with Crippen LogP contribution in [-0.2, 0) is 14.2 Å². The SMILES string of the molecule is COCCOCCCOC(CI)c1cccc(Cl)c1. The molecule has 0 radical (unpaired) electrons. The van der Waals surface area contributed by atoms with Crippen molar-refractivity contribution in [2.45, 2.75) is 12.5 Å². The fourth-order valence-electron chi connectivity index (χ4n) is 1.57. The number of alkyl halides is 1. The Labute approximate surface area is 133 Å². The number of methoxy groups -OCH3 is 1. The van der Waals surface area contributed by atoms with Crippen LogP contribution in [0.3, 0.4) is 0 Å². The molecule has 0 heterocycles. The van der Waals surface area contributed by atoms with Crippen LogP contribution in [0.2, 0.25) is 5.02 Å². The Morgan fingerprint density at radius 3 is 2.74 bits per heavy atom. The van der Waals surface area contributed by atoms with Crippen molar-refractivity contribution >= 4 is 34.2 Å². The molecular weight excluding hydrogens is 379 g/mol. The maximum absolute atomic E-state index is 5.99. The largest absolute Gasteiger partial charge is 0.382 e. The molecule has 0 spiro atoms. The highest BCUT2D eigenvalue weighted by Crippen LogP contribution is 2.23. The average Bonchev–Trinajstić information content (AvgIpc) is 2.42. The molecule has 108 valence electrons. The molecule has 1 atom stereocenters. The summed E-state index contributed by atoms with van der Waals surface area (Å²) in [5, 5.41) is 0.749. The fourth-order valence-corrected chi connectivity index (χ4v) is 2.53. The lowest BCUT2D eigenvalue weighted by molar-refractivity contribution is 0.0321. The van der Waals surface area contributed by atoms with E-state index in [-0.39, 0.29) is 6.10 Å². The average molecular weight is 399 g/mol. The van der Waals surface area contributed by atoms with Crippen molar-refractivity contribution in [3.05, 3.63) is 34.9 Å². The van der Waals surface area contributed by atoms with E-state index in [0.29, 0.717) is 26.4 Å². The molecule has 0 aromatic heterocycles. The molecule has 0 aliphatic carbocycles. The van der Waals surface area contributed by atoms with Crippen LogP contribution in [0.5, 0.6) is 0 Å². The molecular formula is C14H20ClIO3. The van der Waals surface area contributed by atoms with E-state index in [0.717, 1.165) is 21.4 Å². The molecule has 1 aromatic rings. The minimum atomic E-state index is 0.0956. The molecule has 0 bridgehead atoms. The number of hydrogen-bond acceptors (Lipinski definition) is 3. The Bertz CT molecular complexity index is 349. The van der Waals surface area contributed by atoms with Gasteiger partial charge in [-0.3, -0.25) is 0 Å².